The third kappa shape index (κ3) is 2.54. The van der Waals surface area contributed by atoms with Crippen molar-refractivity contribution >= 4 is 11.5 Å². The van der Waals surface area contributed by atoms with Crippen molar-refractivity contribution in [1.82, 2.24) is 9.78 Å². The lowest BCUT2D eigenvalue weighted by molar-refractivity contribution is 0.0903. The van der Waals surface area contributed by atoms with Gasteiger partial charge in [-0.15, -0.1) is 0 Å². The first-order chi connectivity index (χ1) is 8.09. The number of nitrogens with zero attached hydrogens (tertiary/aromatic N) is 2. The maximum atomic E-state index is 6.08. The monoisotopic (exact) mass is 238 g/mol. The van der Waals surface area contributed by atoms with Gasteiger partial charge < -0.3 is 15.8 Å². The van der Waals surface area contributed by atoms with Crippen LogP contribution in [0.2, 0.25) is 0 Å². The number of nitrogens with two attached hydrogens (primary N) is 1. The van der Waals surface area contributed by atoms with Crippen LogP contribution in [0.4, 0.5) is 11.5 Å². The molecule has 2 heterocycles. The van der Waals surface area contributed by atoms with E-state index in [1.807, 2.05) is 11.6 Å². The zero-order chi connectivity index (χ0) is 12.4. The molecular weight excluding hydrogens is 216 g/mol. The fourth-order valence-electron chi connectivity index (χ4n) is 2.11. The molecule has 1 aliphatic heterocycles. The fourth-order valence-corrected chi connectivity index (χ4v) is 2.11. The molecule has 1 fully saturated rings. The maximum Gasteiger partial charge on any atom is 0.148 e. The molecule has 0 radical (unpaired) electrons. The summed E-state index contributed by atoms with van der Waals surface area (Å²) in [4.78, 5) is 0. The Labute approximate surface area is 102 Å². The summed E-state index contributed by atoms with van der Waals surface area (Å²) in [7, 11) is 0. The molecule has 5 heteroatoms. The SMILES string of the molecule is Cc1nn(C(C)C)c(NC2CCOCC2)c1N. The Morgan fingerprint density at radius 2 is 2.06 bits per heavy atom. The van der Waals surface area contributed by atoms with Gasteiger partial charge in [0, 0.05) is 25.3 Å². The van der Waals surface area contributed by atoms with Gasteiger partial charge in [-0.2, -0.15) is 5.10 Å². The van der Waals surface area contributed by atoms with Gasteiger partial charge in [-0.05, 0) is 33.6 Å². The van der Waals surface area contributed by atoms with Crippen LogP contribution < -0.4 is 11.1 Å². The molecule has 1 aliphatic rings. The Kier molecular flexibility index (Phi) is 3.57. The topological polar surface area (TPSA) is 65.1 Å². The zero-order valence-electron chi connectivity index (χ0n) is 10.9. The Bertz CT molecular complexity index is 380. The highest BCUT2D eigenvalue weighted by molar-refractivity contribution is 5.65. The second-order valence-electron chi connectivity index (χ2n) is 4.92. The molecule has 0 aromatic carbocycles. The highest BCUT2D eigenvalue weighted by Gasteiger charge is 2.19. The molecule has 1 saturated heterocycles. The van der Waals surface area contributed by atoms with Crippen LogP contribution in [0.15, 0.2) is 0 Å². The molecule has 2 rings (SSSR count). The largest absolute Gasteiger partial charge is 0.394 e. The van der Waals surface area contributed by atoms with Gasteiger partial charge in [0.2, 0.25) is 0 Å². The lowest BCUT2D eigenvalue weighted by Gasteiger charge is -2.25. The van der Waals surface area contributed by atoms with Crippen molar-refractivity contribution in [2.75, 3.05) is 24.3 Å². The third-order valence-electron chi connectivity index (χ3n) is 3.18. The molecule has 0 unspecified atom stereocenters. The lowest BCUT2D eigenvalue weighted by Crippen LogP contribution is -2.29. The minimum absolute atomic E-state index is 0.313. The average molecular weight is 238 g/mol. The molecule has 3 N–H and O–H groups in total. The van der Waals surface area contributed by atoms with Crippen molar-refractivity contribution in [2.45, 2.75) is 45.7 Å². The van der Waals surface area contributed by atoms with Crippen molar-refractivity contribution in [3.05, 3.63) is 5.69 Å². The van der Waals surface area contributed by atoms with Crippen molar-refractivity contribution in [2.24, 2.45) is 0 Å². The molecule has 0 amide bonds. The standard InChI is InChI=1S/C12H22N4O/c1-8(2)16-12(11(13)9(3)15-16)14-10-4-6-17-7-5-10/h8,10,14H,4-7,13H2,1-3H3. The maximum absolute atomic E-state index is 6.08. The summed E-state index contributed by atoms with van der Waals surface area (Å²) in [5.74, 6) is 0.962. The van der Waals surface area contributed by atoms with Gasteiger partial charge in [0.1, 0.15) is 5.82 Å². The molecule has 1 aromatic rings. The molecule has 17 heavy (non-hydrogen) atoms. The van der Waals surface area contributed by atoms with E-state index in [2.05, 4.69) is 24.3 Å². The normalized spacial score (nSPS) is 17.6. The first-order valence-electron chi connectivity index (χ1n) is 6.28. The van der Waals surface area contributed by atoms with Crippen molar-refractivity contribution in [1.29, 1.82) is 0 Å². The van der Waals surface area contributed by atoms with Crippen molar-refractivity contribution in [3.63, 3.8) is 0 Å². The van der Waals surface area contributed by atoms with E-state index in [0.29, 0.717) is 12.1 Å². The lowest BCUT2D eigenvalue weighted by atomic mass is 10.1. The van der Waals surface area contributed by atoms with E-state index in [1.165, 1.54) is 0 Å². The van der Waals surface area contributed by atoms with Gasteiger partial charge in [-0.3, -0.25) is 0 Å². The van der Waals surface area contributed by atoms with E-state index >= 15 is 0 Å². The summed E-state index contributed by atoms with van der Waals surface area (Å²) in [6.45, 7) is 7.82. The average Bonchev–Trinajstić information content (AvgIpc) is 2.59. The smallest absolute Gasteiger partial charge is 0.148 e. The van der Waals surface area contributed by atoms with Crippen molar-refractivity contribution in [3.8, 4) is 0 Å². The molecule has 0 saturated carbocycles. The van der Waals surface area contributed by atoms with Crippen LogP contribution in [0.25, 0.3) is 0 Å². The van der Waals surface area contributed by atoms with Gasteiger partial charge >= 0.3 is 0 Å². The predicted octanol–water partition coefficient (Wildman–Crippen LogP) is 1.95. The zero-order valence-corrected chi connectivity index (χ0v) is 10.9. The quantitative estimate of drug-likeness (QED) is 0.844. The van der Waals surface area contributed by atoms with Crippen LogP contribution in [0, 0.1) is 6.92 Å². The molecule has 0 spiro atoms. The highest BCUT2D eigenvalue weighted by Crippen LogP contribution is 2.27. The van der Waals surface area contributed by atoms with E-state index in [1.54, 1.807) is 0 Å². The Morgan fingerprint density at radius 3 is 2.65 bits per heavy atom. The minimum atomic E-state index is 0.313. The Hall–Kier alpha value is -1.23. The van der Waals surface area contributed by atoms with Gasteiger partial charge in [0.05, 0.1) is 11.4 Å². The van der Waals surface area contributed by atoms with Gasteiger partial charge in [0.15, 0.2) is 0 Å². The van der Waals surface area contributed by atoms with E-state index < -0.39 is 0 Å². The van der Waals surface area contributed by atoms with E-state index in [0.717, 1.165) is 43.3 Å². The van der Waals surface area contributed by atoms with Crippen LogP contribution in [0.5, 0.6) is 0 Å². The van der Waals surface area contributed by atoms with Crippen molar-refractivity contribution < 1.29 is 4.74 Å². The molecule has 1 aromatic heterocycles. The molecule has 0 atom stereocenters. The number of nitrogen functional groups attached to an aromatic ring is 1. The van der Waals surface area contributed by atoms with Crippen LogP contribution >= 0.6 is 0 Å². The first kappa shape index (κ1) is 12.2. The summed E-state index contributed by atoms with van der Waals surface area (Å²) in [5.41, 5.74) is 7.75. The predicted molar refractivity (Wildman–Crippen MR) is 69.2 cm³/mol. The molecule has 0 bridgehead atoms. The van der Waals surface area contributed by atoms with Gasteiger partial charge in [0.25, 0.3) is 0 Å². The fraction of sp³-hybridized carbons (Fsp3) is 0.750. The number of anilines is 2. The van der Waals surface area contributed by atoms with E-state index in [4.69, 9.17) is 10.5 Å². The Morgan fingerprint density at radius 1 is 1.41 bits per heavy atom. The summed E-state index contributed by atoms with van der Waals surface area (Å²) in [6.07, 6.45) is 2.06. The number of aromatic nitrogens is 2. The molecule has 0 aliphatic carbocycles. The number of ether oxygens (including phenoxy) is 1. The number of nitrogens with one attached hydrogen (secondary N) is 1. The molecule has 5 nitrogen and oxygen atoms in total. The van der Waals surface area contributed by atoms with E-state index in [9.17, 15) is 0 Å². The van der Waals surface area contributed by atoms with E-state index in [-0.39, 0.29) is 0 Å². The number of aryl methyl sites for hydroxylation is 1. The highest BCUT2D eigenvalue weighted by atomic mass is 16.5. The summed E-state index contributed by atoms with van der Waals surface area (Å²) in [5, 5.41) is 7.99. The molecule has 96 valence electrons. The van der Waals surface area contributed by atoms with Crippen LogP contribution in [-0.4, -0.2) is 29.0 Å². The van der Waals surface area contributed by atoms with Crippen LogP contribution in [0.1, 0.15) is 38.4 Å². The second kappa shape index (κ2) is 4.96. The van der Waals surface area contributed by atoms with Crippen LogP contribution in [-0.2, 0) is 4.74 Å². The summed E-state index contributed by atoms with van der Waals surface area (Å²) in [6, 6.07) is 0.757. The first-order valence-corrected chi connectivity index (χ1v) is 6.28. The molecular formula is C12H22N4O. The second-order valence-corrected chi connectivity index (χ2v) is 4.92. The van der Waals surface area contributed by atoms with Gasteiger partial charge in [-0.25, -0.2) is 4.68 Å². The summed E-state index contributed by atoms with van der Waals surface area (Å²) >= 11 is 0. The third-order valence-corrected chi connectivity index (χ3v) is 3.18. The number of rotatable bonds is 3. The summed E-state index contributed by atoms with van der Waals surface area (Å²) < 4.78 is 7.33. The number of hydrogen-bond donors (Lipinski definition) is 2. The van der Waals surface area contributed by atoms with Crippen LogP contribution in [0.3, 0.4) is 0 Å². The Balaban J connectivity index is 2.18. The minimum Gasteiger partial charge on any atom is -0.394 e. The number of hydrogen-bond acceptors (Lipinski definition) is 4. The van der Waals surface area contributed by atoms with Gasteiger partial charge in [-0.1, -0.05) is 0 Å².